The van der Waals surface area contributed by atoms with E-state index in [0.29, 0.717) is 11.5 Å². The van der Waals surface area contributed by atoms with E-state index in [1.807, 2.05) is 12.4 Å². The fourth-order valence-electron chi connectivity index (χ4n) is 5.10. The summed E-state index contributed by atoms with van der Waals surface area (Å²) in [5, 5.41) is 42.7. The summed E-state index contributed by atoms with van der Waals surface area (Å²) in [6.45, 7) is 28.9. The van der Waals surface area contributed by atoms with Crippen LogP contribution in [0.5, 0.6) is 11.5 Å². The molecule has 48 heavy (non-hydrogen) atoms. The maximum Gasteiger partial charge on any atom is 2.00 e. The topological polar surface area (TPSA) is 145 Å². The van der Waals surface area contributed by atoms with Gasteiger partial charge in [0.2, 0.25) is 0 Å². The molecule has 0 amide bonds. The second-order valence-electron chi connectivity index (χ2n) is 16.6. The standard InChI is InChI=1S/C33H52N2O2Si2.2C2H4O2.Co/c1-32(2,3)28-18-26(38(7,8)9)15-22(30(28)36)20-34-24-13-14-25(17-24)35-21-23-16-27(39(10,11)12)19-29(31(23)37)33(4,5)6;2*1-2(3)4;/h15-16,18-21,24-25,36-37H,13-14,17H2,1-12H3;2*1H3,(H,3,4);/q;;;+2/p-2. The number of aromatic hydroxyl groups is 2. The maximum absolute atomic E-state index is 11.1. The number of rotatable bonds is 6. The zero-order chi connectivity index (χ0) is 36.7. The number of benzene rings is 2. The van der Waals surface area contributed by atoms with E-state index < -0.39 is 28.1 Å². The van der Waals surface area contributed by atoms with E-state index in [1.54, 1.807) is 0 Å². The Balaban J connectivity index is 0.00000221. The van der Waals surface area contributed by atoms with E-state index in [4.69, 9.17) is 29.8 Å². The average Bonchev–Trinajstić information content (AvgIpc) is 3.31. The van der Waals surface area contributed by atoms with Crippen molar-refractivity contribution in [1.29, 1.82) is 0 Å². The molecular formula is C37H58CoN2O6Si2. The van der Waals surface area contributed by atoms with Crippen LogP contribution in [0.15, 0.2) is 34.3 Å². The van der Waals surface area contributed by atoms with Crippen LogP contribution in [-0.2, 0) is 37.2 Å². The molecule has 2 unspecified atom stereocenters. The molecule has 11 heteroatoms. The van der Waals surface area contributed by atoms with Gasteiger partial charge in [-0.05, 0) is 55.1 Å². The number of phenolic OH excluding ortho intramolecular Hbond substituents is 2. The van der Waals surface area contributed by atoms with Crippen molar-refractivity contribution in [2.75, 3.05) is 0 Å². The van der Waals surface area contributed by atoms with Gasteiger partial charge in [0.1, 0.15) is 11.5 Å². The molecule has 2 atom stereocenters. The van der Waals surface area contributed by atoms with Gasteiger partial charge in [-0.25, -0.2) is 0 Å². The van der Waals surface area contributed by atoms with E-state index in [2.05, 4.69) is 105 Å². The number of carbonyl (C=O) groups is 2. The number of hydrogen-bond acceptors (Lipinski definition) is 8. The molecule has 2 aromatic carbocycles. The minimum Gasteiger partial charge on any atom is -0.550 e. The number of aliphatic imine (C=N–C) groups is 2. The molecule has 2 N–H and O–H groups in total. The summed E-state index contributed by atoms with van der Waals surface area (Å²) < 4.78 is 0. The molecule has 2 aromatic rings. The molecule has 0 aliphatic heterocycles. The van der Waals surface area contributed by atoms with Crippen LogP contribution in [-0.4, -0.2) is 62.8 Å². The normalized spacial score (nSPS) is 16.9. The summed E-state index contributed by atoms with van der Waals surface area (Å²) in [7, 11) is -3.12. The van der Waals surface area contributed by atoms with E-state index in [-0.39, 0.29) is 39.7 Å². The molecule has 1 saturated carbocycles. The number of nitrogens with zero attached hydrogens (tertiary/aromatic N) is 2. The molecule has 1 aliphatic rings. The van der Waals surface area contributed by atoms with Crippen molar-refractivity contribution in [3.05, 3.63) is 46.5 Å². The van der Waals surface area contributed by atoms with Gasteiger partial charge in [0.25, 0.3) is 0 Å². The smallest absolute Gasteiger partial charge is 0.550 e. The molecule has 0 heterocycles. The van der Waals surface area contributed by atoms with Crippen LogP contribution in [0.25, 0.3) is 0 Å². The predicted octanol–water partition coefficient (Wildman–Crippen LogP) is 4.75. The Kier molecular flexibility index (Phi) is 16.8. The van der Waals surface area contributed by atoms with Gasteiger partial charge in [-0.3, -0.25) is 9.98 Å². The summed E-state index contributed by atoms with van der Waals surface area (Å²) in [4.78, 5) is 27.6. The van der Waals surface area contributed by atoms with E-state index in [1.165, 1.54) is 10.4 Å². The van der Waals surface area contributed by atoms with Gasteiger partial charge in [-0.2, -0.15) is 0 Å². The molecule has 0 aromatic heterocycles. The van der Waals surface area contributed by atoms with Crippen molar-refractivity contribution in [2.24, 2.45) is 9.98 Å². The van der Waals surface area contributed by atoms with Gasteiger partial charge >= 0.3 is 16.8 Å². The van der Waals surface area contributed by atoms with Crippen LogP contribution in [0, 0.1) is 0 Å². The summed E-state index contributed by atoms with van der Waals surface area (Å²) in [6, 6.07) is 9.07. The van der Waals surface area contributed by atoms with Crippen LogP contribution in [0.1, 0.15) is 96.9 Å². The average molecular weight is 742 g/mol. The van der Waals surface area contributed by atoms with Crippen molar-refractivity contribution in [3.63, 3.8) is 0 Å². The third-order valence-electron chi connectivity index (χ3n) is 7.85. The number of carboxylic acids is 2. The monoisotopic (exact) mass is 741 g/mol. The Morgan fingerprint density at radius 3 is 1.19 bits per heavy atom. The third-order valence-corrected chi connectivity index (χ3v) is 11.9. The predicted molar refractivity (Wildman–Crippen MR) is 198 cm³/mol. The molecule has 1 radical (unpaired) electrons. The minimum atomic E-state index is -1.56. The van der Waals surface area contributed by atoms with Gasteiger partial charge in [-0.15, -0.1) is 0 Å². The first-order valence-corrected chi connectivity index (χ1v) is 23.3. The van der Waals surface area contributed by atoms with Crippen molar-refractivity contribution in [1.82, 2.24) is 0 Å². The quantitative estimate of drug-likeness (QED) is 0.323. The number of phenols is 2. The number of carboxylic acid groups (broad SMARTS) is 2. The van der Waals surface area contributed by atoms with Crippen LogP contribution < -0.4 is 20.6 Å². The summed E-state index contributed by atoms with van der Waals surface area (Å²) in [6.07, 6.45) is 6.63. The fourth-order valence-corrected chi connectivity index (χ4v) is 7.43. The molecule has 0 bridgehead atoms. The second-order valence-corrected chi connectivity index (χ2v) is 26.7. The SMILES string of the molecule is CC(=O)[O-].CC(=O)[O-].CC(C)(C)c1cc([Si](C)(C)C)cc(C=NC2CCC(N=Cc3cc([Si](C)(C)C)cc(C(C)(C)C)c3O)C2)c1O.[Co+2]. The summed E-state index contributed by atoms with van der Waals surface area (Å²) >= 11 is 0. The molecule has 1 aliphatic carbocycles. The van der Waals surface area contributed by atoms with Crippen LogP contribution in [0.2, 0.25) is 39.3 Å². The molecule has 0 spiro atoms. The zero-order valence-electron chi connectivity index (χ0n) is 31.5. The van der Waals surface area contributed by atoms with Gasteiger partial charge in [0, 0.05) is 35.5 Å². The first kappa shape index (κ1) is 45.3. The number of aliphatic carboxylic acids is 2. The first-order chi connectivity index (χ1) is 21.1. The number of hydrogen-bond donors (Lipinski definition) is 2. The molecule has 8 nitrogen and oxygen atoms in total. The molecule has 1 fully saturated rings. The van der Waals surface area contributed by atoms with Crippen molar-refractivity contribution >= 4 is 50.9 Å². The molecular weight excluding hydrogens is 684 g/mol. The van der Waals surface area contributed by atoms with Crippen molar-refractivity contribution in [3.8, 4) is 11.5 Å². The Bertz CT molecular complexity index is 1350. The Labute approximate surface area is 301 Å². The number of carbonyl (C=O) groups excluding carboxylic acids is 2. The molecule has 269 valence electrons. The molecule has 3 rings (SSSR count). The first-order valence-electron chi connectivity index (χ1n) is 16.3. The Morgan fingerprint density at radius 1 is 0.688 bits per heavy atom. The second kappa shape index (κ2) is 17.8. The maximum atomic E-state index is 11.1. The van der Waals surface area contributed by atoms with Gasteiger partial charge < -0.3 is 30.0 Å². The Hall–Kier alpha value is -2.74. The Morgan fingerprint density at radius 2 is 0.958 bits per heavy atom. The van der Waals surface area contributed by atoms with Crippen LogP contribution in [0.4, 0.5) is 0 Å². The van der Waals surface area contributed by atoms with E-state index in [9.17, 15) is 10.2 Å². The van der Waals surface area contributed by atoms with E-state index in [0.717, 1.165) is 55.4 Å². The van der Waals surface area contributed by atoms with Gasteiger partial charge in [0.15, 0.2) is 0 Å². The minimum absolute atomic E-state index is 0. The third kappa shape index (κ3) is 14.8. The van der Waals surface area contributed by atoms with Gasteiger partial charge in [-0.1, -0.05) is 115 Å². The van der Waals surface area contributed by atoms with Crippen molar-refractivity contribution < 1.29 is 46.8 Å². The molecule has 0 saturated heterocycles. The summed E-state index contributed by atoms with van der Waals surface area (Å²) in [5.74, 6) is -1.46. The van der Waals surface area contributed by atoms with Crippen LogP contribution in [0.3, 0.4) is 0 Å². The van der Waals surface area contributed by atoms with E-state index >= 15 is 0 Å². The van der Waals surface area contributed by atoms with Gasteiger partial charge in [0.05, 0.1) is 28.2 Å². The summed E-state index contributed by atoms with van der Waals surface area (Å²) in [5.41, 5.74) is 3.37. The fraction of sp³-hybridized carbons (Fsp3) is 0.568. The van der Waals surface area contributed by atoms with Crippen LogP contribution >= 0.6 is 0 Å². The van der Waals surface area contributed by atoms with Crippen molar-refractivity contribution in [2.45, 2.75) is 137 Å². The zero-order valence-corrected chi connectivity index (χ0v) is 34.5. The largest absolute Gasteiger partial charge is 2.00 e.